The lowest BCUT2D eigenvalue weighted by Gasteiger charge is -2.32. The average molecular weight is 228 g/mol. The minimum absolute atomic E-state index is 0.446. The number of likely N-dealkylation sites (tertiary alicyclic amines) is 1. The molecular weight excluding hydrogens is 204 g/mol. The summed E-state index contributed by atoms with van der Waals surface area (Å²) in [5, 5.41) is 3.20. The molecule has 0 aromatic heterocycles. The Balaban J connectivity index is 2.14. The van der Waals surface area contributed by atoms with Gasteiger partial charge < -0.3 is 16.8 Å². The number of primary amides is 1. The van der Waals surface area contributed by atoms with E-state index in [0.29, 0.717) is 12.6 Å². The smallest absolute Gasteiger partial charge is 0.235 e. The fourth-order valence-corrected chi connectivity index (χ4v) is 2.04. The maximum Gasteiger partial charge on any atom is 0.235 e. The van der Waals surface area contributed by atoms with E-state index in [1.807, 2.05) is 0 Å². The van der Waals surface area contributed by atoms with Crippen molar-refractivity contribution in [2.75, 3.05) is 26.2 Å². The summed E-state index contributed by atoms with van der Waals surface area (Å²) in [6.07, 6.45) is 3.94. The fraction of sp³-hybridized carbons (Fsp3) is 0.909. The molecule has 5 heteroatoms. The second-order valence-corrected chi connectivity index (χ2v) is 4.61. The Hall–Kier alpha value is -0.650. The molecule has 1 saturated heterocycles. The minimum Gasteiger partial charge on any atom is -0.368 e. The van der Waals surface area contributed by atoms with Crippen LogP contribution in [0, 0.1) is 0 Å². The molecule has 0 aromatic carbocycles. The highest BCUT2D eigenvalue weighted by molar-refractivity contribution is 5.79. The number of carbonyl (C=O) groups is 1. The van der Waals surface area contributed by atoms with Crippen LogP contribution in [0.4, 0.5) is 0 Å². The number of nitrogens with zero attached hydrogens (tertiary/aromatic N) is 1. The number of amides is 1. The first kappa shape index (κ1) is 13.4. The number of rotatable bonds is 6. The van der Waals surface area contributed by atoms with Gasteiger partial charge in [-0.2, -0.15) is 0 Å². The standard InChI is InChI=1S/C11H24N4O/c1-9(15-5-3-2-4-6-15)7-14-8-10(12)11(13)16/h9-10,14H,2-8,12H2,1H3,(H2,13,16). The summed E-state index contributed by atoms with van der Waals surface area (Å²) in [7, 11) is 0. The molecule has 0 spiro atoms. The molecule has 1 fully saturated rings. The third kappa shape index (κ3) is 4.47. The van der Waals surface area contributed by atoms with Gasteiger partial charge in [0, 0.05) is 19.1 Å². The van der Waals surface area contributed by atoms with E-state index in [1.165, 1.54) is 32.4 Å². The van der Waals surface area contributed by atoms with Gasteiger partial charge >= 0.3 is 0 Å². The lowest BCUT2D eigenvalue weighted by atomic mass is 10.1. The van der Waals surface area contributed by atoms with Crippen molar-refractivity contribution >= 4 is 5.91 Å². The summed E-state index contributed by atoms with van der Waals surface area (Å²) in [4.78, 5) is 13.2. The van der Waals surface area contributed by atoms with Crippen molar-refractivity contribution in [3.63, 3.8) is 0 Å². The van der Waals surface area contributed by atoms with Crippen LogP contribution in [0.5, 0.6) is 0 Å². The molecule has 0 aromatic rings. The Morgan fingerprint density at radius 1 is 1.31 bits per heavy atom. The van der Waals surface area contributed by atoms with Crippen molar-refractivity contribution in [2.45, 2.75) is 38.3 Å². The summed E-state index contributed by atoms with van der Waals surface area (Å²) < 4.78 is 0. The molecule has 2 atom stereocenters. The van der Waals surface area contributed by atoms with Gasteiger partial charge in [-0.1, -0.05) is 6.42 Å². The van der Waals surface area contributed by atoms with Crippen molar-refractivity contribution in [3.05, 3.63) is 0 Å². The normalized spacial score (nSPS) is 21.6. The first-order valence-electron chi connectivity index (χ1n) is 6.11. The number of carbonyl (C=O) groups excluding carboxylic acids is 1. The Kier molecular flexibility index (Phi) is 5.73. The van der Waals surface area contributed by atoms with Gasteiger partial charge in [-0.05, 0) is 32.9 Å². The van der Waals surface area contributed by atoms with Crippen LogP contribution in [-0.2, 0) is 4.79 Å². The summed E-state index contributed by atoms with van der Waals surface area (Å²) in [5.74, 6) is -0.446. The third-order valence-corrected chi connectivity index (χ3v) is 3.18. The van der Waals surface area contributed by atoms with Crippen molar-refractivity contribution in [1.82, 2.24) is 10.2 Å². The highest BCUT2D eigenvalue weighted by Gasteiger charge is 2.16. The van der Waals surface area contributed by atoms with Gasteiger partial charge in [-0.3, -0.25) is 9.69 Å². The lowest BCUT2D eigenvalue weighted by Crippen LogP contribution is -2.48. The van der Waals surface area contributed by atoms with Crippen LogP contribution in [0.2, 0.25) is 0 Å². The van der Waals surface area contributed by atoms with Crippen LogP contribution in [0.25, 0.3) is 0 Å². The molecule has 0 bridgehead atoms. The first-order chi connectivity index (χ1) is 7.61. The van der Waals surface area contributed by atoms with Crippen LogP contribution in [0.3, 0.4) is 0 Å². The summed E-state index contributed by atoms with van der Waals surface area (Å²) in [6.45, 7) is 5.90. The van der Waals surface area contributed by atoms with Gasteiger partial charge in [0.2, 0.25) is 5.91 Å². The van der Waals surface area contributed by atoms with Crippen LogP contribution in [0.1, 0.15) is 26.2 Å². The molecule has 0 radical (unpaired) electrons. The molecule has 5 N–H and O–H groups in total. The number of hydrogen-bond acceptors (Lipinski definition) is 4. The SMILES string of the molecule is CC(CNCC(N)C(N)=O)N1CCCCC1. The monoisotopic (exact) mass is 228 g/mol. The largest absolute Gasteiger partial charge is 0.368 e. The topological polar surface area (TPSA) is 84.4 Å². The molecule has 94 valence electrons. The maximum absolute atomic E-state index is 10.7. The second-order valence-electron chi connectivity index (χ2n) is 4.61. The molecular formula is C11H24N4O. The summed E-state index contributed by atoms with van der Waals surface area (Å²) >= 11 is 0. The molecule has 1 amide bonds. The lowest BCUT2D eigenvalue weighted by molar-refractivity contribution is -0.119. The van der Waals surface area contributed by atoms with Crippen LogP contribution < -0.4 is 16.8 Å². The van der Waals surface area contributed by atoms with E-state index < -0.39 is 11.9 Å². The predicted molar refractivity (Wildman–Crippen MR) is 64.9 cm³/mol. The van der Waals surface area contributed by atoms with E-state index >= 15 is 0 Å². The van der Waals surface area contributed by atoms with Crippen LogP contribution in [-0.4, -0.2) is 49.1 Å². The van der Waals surface area contributed by atoms with E-state index in [0.717, 1.165) is 6.54 Å². The number of nitrogens with two attached hydrogens (primary N) is 2. The zero-order chi connectivity index (χ0) is 12.0. The molecule has 2 unspecified atom stereocenters. The Bertz CT molecular complexity index is 216. The Morgan fingerprint density at radius 2 is 1.94 bits per heavy atom. The van der Waals surface area contributed by atoms with Gasteiger partial charge in [0.25, 0.3) is 0 Å². The van der Waals surface area contributed by atoms with E-state index in [9.17, 15) is 4.79 Å². The van der Waals surface area contributed by atoms with E-state index in [-0.39, 0.29) is 0 Å². The highest BCUT2D eigenvalue weighted by Crippen LogP contribution is 2.11. The molecule has 0 aliphatic carbocycles. The summed E-state index contributed by atoms with van der Waals surface area (Å²) in [5.41, 5.74) is 10.6. The number of nitrogens with one attached hydrogen (secondary N) is 1. The fourth-order valence-electron chi connectivity index (χ4n) is 2.04. The van der Waals surface area contributed by atoms with Gasteiger partial charge in [0.15, 0.2) is 0 Å². The molecule has 1 heterocycles. The van der Waals surface area contributed by atoms with Gasteiger partial charge in [0.1, 0.15) is 0 Å². The number of piperidine rings is 1. The molecule has 5 nitrogen and oxygen atoms in total. The molecule has 1 aliphatic rings. The van der Waals surface area contributed by atoms with Crippen LogP contribution in [0.15, 0.2) is 0 Å². The third-order valence-electron chi connectivity index (χ3n) is 3.18. The quantitative estimate of drug-likeness (QED) is 0.559. The molecule has 16 heavy (non-hydrogen) atoms. The Labute approximate surface area is 97.5 Å². The second kappa shape index (κ2) is 6.83. The Morgan fingerprint density at radius 3 is 2.50 bits per heavy atom. The molecule has 0 saturated carbocycles. The van der Waals surface area contributed by atoms with E-state index in [2.05, 4.69) is 17.1 Å². The van der Waals surface area contributed by atoms with Crippen LogP contribution >= 0.6 is 0 Å². The summed E-state index contributed by atoms with van der Waals surface area (Å²) in [6, 6.07) is -0.0751. The van der Waals surface area contributed by atoms with E-state index in [4.69, 9.17) is 11.5 Å². The van der Waals surface area contributed by atoms with Crippen molar-refractivity contribution < 1.29 is 4.79 Å². The van der Waals surface area contributed by atoms with Gasteiger partial charge in [0.05, 0.1) is 6.04 Å². The van der Waals surface area contributed by atoms with Gasteiger partial charge in [-0.25, -0.2) is 0 Å². The number of hydrogen-bond donors (Lipinski definition) is 3. The predicted octanol–water partition coefficient (Wildman–Crippen LogP) is -0.737. The molecule has 1 rings (SSSR count). The van der Waals surface area contributed by atoms with Gasteiger partial charge in [-0.15, -0.1) is 0 Å². The zero-order valence-corrected chi connectivity index (χ0v) is 10.1. The van der Waals surface area contributed by atoms with Crippen molar-refractivity contribution in [3.8, 4) is 0 Å². The highest BCUT2D eigenvalue weighted by atomic mass is 16.1. The van der Waals surface area contributed by atoms with E-state index in [1.54, 1.807) is 0 Å². The van der Waals surface area contributed by atoms with Crippen molar-refractivity contribution in [2.24, 2.45) is 11.5 Å². The first-order valence-corrected chi connectivity index (χ1v) is 6.11. The van der Waals surface area contributed by atoms with Crippen molar-refractivity contribution in [1.29, 1.82) is 0 Å². The zero-order valence-electron chi connectivity index (χ0n) is 10.1. The minimum atomic E-state index is -0.575. The average Bonchev–Trinajstić information content (AvgIpc) is 2.29. The maximum atomic E-state index is 10.7. The molecule has 1 aliphatic heterocycles.